The van der Waals surface area contributed by atoms with Crippen molar-refractivity contribution in [3.63, 3.8) is 0 Å². The number of aryl methyl sites for hydroxylation is 1. The molecule has 0 saturated heterocycles. The number of hydrogen-bond donors (Lipinski definition) is 1. The quantitative estimate of drug-likeness (QED) is 0.922. The molecule has 110 valence electrons. The van der Waals surface area contributed by atoms with Crippen LogP contribution in [0.2, 0.25) is 10.0 Å². The first-order chi connectivity index (χ1) is 10.2. The van der Waals surface area contributed by atoms with Gasteiger partial charge in [-0.3, -0.25) is 9.97 Å². The minimum absolute atomic E-state index is 0.0451. The third-order valence-electron chi connectivity index (χ3n) is 4.08. The zero-order valence-electron chi connectivity index (χ0n) is 11.8. The molecule has 3 rings (SSSR count). The van der Waals surface area contributed by atoms with Crippen molar-refractivity contribution >= 4 is 23.2 Å². The maximum absolute atomic E-state index is 6.34. The smallest absolute Gasteiger partial charge is 0.0766 e. The number of nitrogens with one attached hydrogen (secondary N) is 1. The molecule has 2 unspecified atom stereocenters. The Kier molecular flexibility index (Phi) is 4.43. The lowest BCUT2D eigenvalue weighted by Crippen LogP contribution is -2.28. The van der Waals surface area contributed by atoms with Crippen molar-refractivity contribution in [2.24, 2.45) is 0 Å². The van der Waals surface area contributed by atoms with Gasteiger partial charge in [0.15, 0.2) is 0 Å². The molecule has 0 aromatic carbocycles. The fourth-order valence-corrected chi connectivity index (χ4v) is 3.65. The van der Waals surface area contributed by atoms with Crippen LogP contribution in [0, 0.1) is 0 Å². The predicted molar refractivity (Wildman–Crippen MR) is 86.0 cm³/mol. The molecule has 0 radical (unpaired) electrons. The van der Waals surface area contributed by atoms with E-state index in [-0.39, 0.29) is 12.0 Å². The van der Waals surface area contributed by atoms with E-state index in [0.717, 1.165) is 30.7 Å². The molecule has 0 aliphatic heterocycles. The van der Waals surface area contributed by atoms with Crippen molar-refractivity contribution < 1.29 is 0 Å². The Labute approximate surface area is 134 Å². The van der Waals surface area contributed by atoms with Crippen molar-refractivity contribution in [1.29, 1.82) is 0 Å². The largest absolute Gasteiger partial charge is 0.311 e. The number of hydrogen-bond acceptors (Lipinski definition) is 3. The average molecular weight is 322 g/mol. The van der Waals surface area contributed by atoms with Crippen LogP contribution < -0.4 is 5.32 Å². The lowest BCUT2D eigenvalue weighted by molar-refractivity contribution is 0.409. The van der Waals surface area contributed by atoms with Gasteiger partial charge in [-0.25, -0.2) is 0 Å². The molecule has 2 heterocycles. The second kappa shape index (κ2) is 6.30. The summed E-state index contributed by atoms with van der Waals surface area (Å²) in [7, 11) is 1.94. The summed E-state index contributed by atoms with van der Waals surface area (Å²) in [6.45, 7) is 0. The molecular formula is C16H17Cl2N3. The van der Waals surface area contributed by atoms with Crippen molar-refractivity contribution in [2.45, 2.75) is 31.2 Å². The van der Waals surface area contributed by atoms with E-state index < -0.39 is 0 Å². The van der Waals surface area contributed by atoms with Crippen LogP contribution in [0.3, 0.4) is 0 Å². The van der Waals surface area contributed by atoms with Crippen molar-refractivity contribution in [2.75, 3.05) is 7.05 Å². The molecule has 0 spiro atoms. The molecule has 0 saturated carbocycles. The van der Waals surface area contributed by atoms with Gasteiger partial charge in [-0.1, -0.05) is 29.3 Å². The summed E-state index contributed by atoms with van der Waals surface area (Å²) in [5.41, 5.74) is 3.34. The number of aromatic nitrogens is 2. The van der Waals surface area contributed by atoms with E-state index >= 15 is 0 Å². The molecule has 1 aliphatic carbocycles. The van der Waals surface area contributed by atoms with E-state index in [4.69, 9.17) is 23.2 Å². The van der Waals surface area contributed by atoms with Crippen LogP contribution in [-0.4, -0.2) is 17.0 Å². The lowest BCUT2D eigenvalue weighted by Gasteiger charge is -2.31. The Morgan fingerprint density at radius 1 is 1.33 bits per heavy atom. The summed E-state index contributed by atoms with van der Waals surface area (Å²) in [6.07, 6.45) is 6.84. The molecule has 3 nitrogen and oxygen atoms in total. The summed E-state index contributed by atoms with van der Waals surface area (Å²) in [4.78, 5) is 9.05. The van der Waals surface area contributed by atoms with Crippen molar-refractivity contribution in [3.8, 4) is 0 Å². The van der Waals surface area contributed by atoms with E-state index in [2.05, 4.69) is 21.4 Å². The van der Waals surface area contributed by atoms with Crippen LogP contribution in [-0.2, 0) is 6.42 Å². The van der Waals surface area contributed by atoms with Gasteiger partial charge in [-0.2, -0.15) is 0 Å². The van der Waals surface area contributed by atoms with Crippen LogP contribution >= 0.6 is 23.2 Å². The molecule has 1 aliphatic rings. The van der Waals surface area contributed by atoms with E-state index in [1.165, 1.54) is 5.56 Å². The molecule has 0 bridgehead atoms. The molecular weight excluding hydrogens is 305 g/mol. The van der Waals surface area contributed by atoms with Gasteiger partial charge in [0.2, 0.25) is 0 Å². The standard InChI is InChI=1S/C16H17Cl2N3/c1-19-15(16-13(18)8-11(17)9-21-16)12-6-2-4-10-5-3-7-20-14(10)12/h3,5,7-9,12,15,19H,2,4,6H2,1H3. The summed E-state index contributed by atoms with van der Waals surface area (Å²) >= 11 is 12.3. The number of pyridine rings is 2. The number of likely N-dealkylation sites (N-methyl/N-ethyl adjacent to an activating group) is 1. The SMILES string of the molecule is CNC(c1ncc(Cl)cc1Cl)C1CCCc2cccnc21. The van der Waals surface area contributed by atoms with Crippen LogP contribution in [0.15, 0.2) is 30.6 Å². The first-order valence-electron chi connectivity index (χ1n) is 7.12. The molecule has 0 fully saturated rings. The Balaban J connectivity index is 2.01. The first-order valence-corrected chi connectivity index (χ1v) is 7.88. The van der Waals surface area contributed by atoms with Crippen molar-refractivity contribution in [3.05, 3.63) is 57.6 Å². The van der Waals surface area contributed by atoms with Gasteiger partial charge in [0, 0.05) is 24.0 Å². The second-order valence-corrected chi connectivity index (χ2v) is 6.18. The normalized spacial score (nSPS) is 19.1. The summed E-state index contributed by atoms with van der Waals surface area (Å²) < 4.78 is 0. The van der Waals surface area contributed by atoms with Gasteiger partial charge in [-0.05, 0) is 44.0 Å². The summed E-state index contributed by atoms with van der Waals surface area (Å²) in [5.74, 6) is 0.283. The van der Waals surface area contributed by atoms with Gasteiger partial charge in [-0.15, -0.1) is 0 Å². The first kappa shape index (κ1) is 14.8. The predicted octanol–water partition coefficient (Wildman–Crippen LogP) is 4.16. The third kappa shape index (κ3) is 2.91. The van der Waals surface area contributed by atoms with Crippen LogP contribution in [0.4, 0.5) is 0 Å². The Morgan fingerprint density at radius 2 is 2.19 bits per heavy atom. The zero-order valence-corrected chi connectivity index (χ0v) is 13.3. The van der Waals surface area contributed by atoms with Crippen molar-refractivity contribution in [1.82, 2.24) is 15.3 Å². The van der Waals surface area contributed by atoms with Crippen LogP contribution in [0.1, 0.15) is 41.8 Å². The molecule has 5 heteroatoms. The Morgan fingerprint density at radius 3 is 2.95 bits per heavy atom. The minimum atomic E-state index is 0.0451. The summed E-state index contributed by atoms with van der Waals surface area (Å²) in [5, 5.41) is 4.52. The fourth-order valence-electron chi connectivity index (χ4n) is 3.15. The van der Waals surface area contributed by atoms with Crippen LogP contribution in [0.5, 0.6) is 0 Å². The average Bonchev–Trinajstić information content (AvgIpc) is 2.50. The topological polar surface area (TPSA) is 37.8 Å². The highest BCUT2D eigenvalue weighted by atomic mass is 35.5. The van der Waals surface area contributed by atoms with Gasteiger partial charge in [0.25, 0.3) is 0 Å². The maximum Gasteiger partial charge on any atom is 0.0766 e. The molecule has 0 amide bonds. The monoisotopic (exact) mass is 321 g/mol. The molecule has 2 atom stereocenters. The van der Waals surface area contributed by atoms with E-state index in [0.29, 0.717) is 10.0 Å². The Bertz CT molecular complexity index is 645. The van der Waals surface area contributed by atoms with Gasteiger partial charge in [0.05, 0.1) is 21.8 Å². The summed E-state index contributed by atoms with van der Waals surface area (Å²) in [6, 6.07) is 5.96. The highest BCUT2D eigenvalue weighted by molar-refractivity contribution is 6.34. The van der Waals surface area contributed by atoms with Gasteiger partial charge < -0.3 is 5.32 Å². The van der Waals surface area contributed by atoms with E-state index in [9.17, 15) is 0 Å². The molecule has 1 N–H and O–H groups in total. The Hall–Kier alpha value is -1.16. The number of nitrogens with zero attached hydrogens (tertiary/aromatic N) is 2. The van der Waals surface area contributed by atoms with Crippen LogP contribution in [0.25, 0.3) is 0 Å². The zero-order chi connectivity index (χ0) is 14.8. The number of rotatable bonds is 3. The highest BCUT2D eigenvalue weighted by Crippen LogP contribution is 2.40. The highest BCUT2D eigenvalue weighted by Gasteiger charge is 2.31. The maximum atomic E-state index is 6.34. The third-order valence-corrected chi connectivity index (χ3v) is 4.59. The van der Waals surface area contributed by atoms with Gasteiger partial charge in [0.1, 0.15) is 0 Å². The minimum Gasteiger partial charge on any atom is -0.311 e. The van der Waals surface area contributed by atoms with E-state index in [1.54, 1.807) is 12.3 Å². The van der Waals surface area contributed by atoms with E-state index in [1.807, 2.05) is 19.3 Å². The molecule has 21 heavy (non-hydrogen) atoms. The number of fused-ring (bicyclic) bond motifs is 1. The second-order valence-electron chi connectivity index (χ2n) is 5.33. The molecule has 2 aromatic heterocycles. The molecule has 2 aromatic rings. The number of halogens is 2. The fraction of sp³-hybridized carbons (Fsp3) is 0.375. The lowest BCUT2D eigenvalue weighted by atomic mass is 9.81. The van der Waals surface area contributed by atoms with Gasteiger partial charge >= 0.3 is 0 Å².